The standard InChI is InChI=1S/C18H17N3O3/c1-24-12-14-7-5-13(6-8-14)11-20-17(22)18(23)21-16-4-2-3-15(9-16)10-19/h2-9H,11-12H2,1H3,(H,20,22)(H,21,23). The second-order valence-electron chi connectivity index (χ2n) is 5.08. The van der Waals surface area contributed by atoms with Crippen LogP contribution in [-0.4, -0.2) is 18.9 Å². The molecule has 2 amide bonds. The van der Waals surface area contributed by atoms with Gasteiger partial charge in [-0.1, -0.05) is 30.3 Å². The van der Waals surface area contributed by atoms with E-state index in [0.717, 1.165) is 11.1 Å². The molecular formula is C18H17N3O3. The molecule has 0 unspecified atom stereocenters. The number of carbonyl (C=O) groups excluding carboxylic acids is 2. The van der Waals surface area contributed by atoms with E-state index in [9.17, 15) is 9.59 Å². The monoisotopic (exact) mass is 323 g/mol. The van der Waals surface area contributed by atoms with Gasteiger partial charge in [-0.05, 0) is 29.3 Å². The SMILES string of the molecule is COCc1ccc(CNC(=O)C(=O)Nc2cccc(C#N)c2)cc1. The van der Waals surface area contributed by atoms with Crippen molar-refractivity contribution in [3.8, 4) is 6.07 Å². The van der Waals surface area contributed by atoms with Crippen molar-refractivity contribution < 1.29 is 14.3 Å². The van der Waals surface area contributed by atoms with Gasteiger partial charge in [0.25, 0.3) is 0 Å². The van der Waals surface area contributed by atoms with E-state index in [0.29, 0.717) is 17.9 Å². The van der Waals surface area contributed by atoms with Gasteiger partial charge >= 0.3 is 11.8 Å². The van der Waals surface area contributed by atoms with Gasteiger partial charge < -0.3 is 15.4 Å². The van der Waals surface area contributed by atoms with Crippen molar-refractivity contribution in [1.82, 2.24) is 5.32 Å². The molecule has 0 spiro atoms. The molecular weight excluding hydrogens is 306 g/mol. The van der Waals surface area contributed by atoms with Crippen molar-refractivity contribution in [2.75, 3.05) is 12.4 Å². The van der Waals surface area contributed by atoms with Crippen LogP contribution in [0.25, 0.3) is 0 Å². The van der Waals surface area contributed by atoms with Gasteiger partial charge in [-0.25, -0.2) is 0 Å². The number of benzene rings is 2. The number of amides is 2. The molecule has 0 fully saturated rings. The fourth-order valence-corrected chi connectivity index (χ4v) is 2.04. The predicted octanol–water partition coefficient (Wildman–Crippen LogP) is 1.96. The minimum Gasteiger partial charge on any atom is -0.380 e. The number of methoxy groups -OCH3 is 1. The molecule has 0 saturated heterocycles. The molecule has 6 heteroatoms. The van der Waals surface area contributed by atoms with Crippen LogP contribution in [0.4, 0.5) is 5.69 Å². The third-order valence-corrected chi connectivity index (χ3v) is 3.24. The molecule has 2 N–H and O–H groups in total. The number of nitriles is 1. The lowest BCUT2D eigenvalue weighted by atomic mass is 10.1. The van der Waals surface area contributed by atoms with E-state index in [-0.39, 0.29) is 6.54 Å². The van der Waals surface area contributed by atoms with E-state index in [2.05, 4.69) is 10.6 Å². The highest BCUT2D eigenvalue weighted by molar-refractivity contribution is 6.39. The molecule has 122 valence electrons. The fourth-order valence-electron chi connectivity index (χ4n) is 2.04. The maximum Gasteiger partial charge on any atom is 0.313 e. The number of anilines is 1. The maximum atomic E-state index is 11.9. The van der Waals surface area contributed by atoms with Gasteiger partial charge in [0.2, 0.25) is 0 Å². The number of ether oxygens (including phenoxy) is 1. The van der Waals surface area contributed by atoms with Crippen LogP contribution in [-0.2, 0) is 27.5 Å². The molecule has 2 aromatic rings. The smallest absolute Gasteiger partial charge is 0.313 e. The lowest BCUT2D eigenvalue weighted by molar-refractivity contribution is -0.136. The molecule has 2 rings (SSSR count). The van der Waals surface area contributed by atoms with Crippen LogP contribution in [0.3, 0.4) is 0 Å². The average Bonchev–Trinajstić information content (AvgIpc) is 2.61. The molecule has 2 aromatic carbocycles. The van der Waals surface area contributed by atoms with E-state index in [1.165, 1.54) is 6.07 Å². The first kappa shape index (κ1) is 17.2. The molecule has 0 aliphatic heterocycles. The maximum absolute atomic E-state index is 11.9. The first-order valence-corrected chi connectivity index (χ1v) is 7.28. The Kier molecular flexibility index (Phi) is 6.06. The Bertz CT molecular complexity index is 764. The molecule has 6 nitrogen and oxygen atoms in total. The van der Waals surface area contributed by atoms with Crippen LogP contribution in [0, 0.1) is 11.3 Å². The van der Waals surface area contributed by atoms with Crippen LogP contribution in [0.15, 0.2) is 48.5 Å². The first-order valence-electron chi connectivity index (χ1n) is 7.28. The quantitative estimate of drug-likeness (QED) is 0.823. The molecule has 0 aliphatic rings. The van der Waals surface area contributed by atoms with Gasteiger partial charge in [0.1, 0.15) is 0 Å². The summed E-state index contributed by atoms with van der Waals surface area (Å²) < 4.78 is 5.03. The summed E-state index contributed by atoms with van der Waals surface area (Å²) in [5.41, 5.74) is 2.72. The van der Waals surface area contributed by atoms with Gasteiger partial charge in [0.15, 0.2) is 0 Å². The second-order valence-corrected chi connectivity index (χ2v) is 5.08. The van der Waals surface area contributed by atoms with Crippen molar-refractivity contribution in [2.24, 2.45) is 0 Å². The lowest BCUT2D eigenvalue weighted by Crippen LogP contribution is -2.34. The highest BCUT2D eigenvalue weighted by atomic mass is 16.5. The normalized spacial score (nSPS) is 9.83. The van der Waals surface area contributed by atoms with Crippen LogP contribution in [0.1, 0.15) is 16.7 Å². The van der Waals surface area contributed by atoms with Crippen molar-refractivity contribution in [1.29, 1.82) is 5.26 Å². The van der Waals surface area contributed by atoms with Gasteiger partial charge in [0.05, 0.1) is 18.2 Å². The summed E-state index contributed by atoms with van der Waals surface area (Å²) in [7, 11) is 1.62. The lowest BCUT2D eigenvalue weighted by Gasteiger charge is -2.07. The highest BCUT2D eigenvalue weighted by Crippen LogP contribution is 2.09. The number of nitrogens with one attached hydrogen (secondary N) is 2. The summed E-state index contributed by atoms with van der Waals surface area (Å²) in [5, 5.41) is 13.8. The van der Waals surface area contributed by atoms with E-state index in [1.807, 2.05) is 30.3 Å². The topological polar surface area (TPSA) is 91.2 Å². The first-order chi connectivity index (χ1) is 11.6. The Labute approximate surface area is 140 Å². The summed E-state index contributed by atoms with van der Waals surface area (Å²) in [6.45, 7) is 0.772. The zero-order valence-electron chi connectivity index (χ0n) is 13.2. The van der Waals surface area contributed by atoms with E-state index < -0.39 is 11.8 Å². The predicted molar refractivity (Wildman–Crippen MR) is 88.8 cm³/mol. The van der Waals surface area contributed by atoms with E-state index in [1.54, 1.807) is 25.3 Å². The van der Waals surface area contributed by atoms with Gasteiger partial charge in [-0.3, -0.25) is 9.59 Å². The number of carbonyl (C=O) groups is 2. The number of hydrogen-bond donors (Lipinski definition) is 2. The van der Waals surface area contributed by atoms with Crippen molar-refractivity contribution >= 4 is 17.5 Å². The third-order valence-electron chi connectivity index (χ3n) is 3.24. The van der Waals surface area contributed by atoms with Crippen LogP contribution in [0.2, 0.25) is 0 Å². The minimum atomic E-state index is -0.777. The molecule has 0 heterocycles. The van der Waals surface area contributed by atoms with Crippen molar-refractivity contribution in [3.05, 3.63) is 65.2 Å². The molecule has 0 bridgehead atoms. The number of nitrogens with zero attached hydrogens (tertiary/aromatic N) is 1. The summed E-state index contributed by atoms with van der Waals surface area (Å²) in [5.74, 6) is -1.51. The Morgan fingerprint density at radius 1 is 1.08 bits per heavy atom. The Hall–Kier alpha value is -3.17. The molecule has 0 aliphatic carbocycles. The largest absolute Gasteiger partial charge is 0.380 e. The van der Waals surface area contributed by atoms with Crippen LogP contribution in [0.5, 0.6) is 0 Å². The highest BCUT2D eigenvalue weighted by Gasteiger charge is 2.13. The Morgan fingerprint density at radius 3 is 2.46 bits per heavy atom. The number of rotatable bonds is 5. The molecule has 0 aromatic heterocycles. The summed E-state index contributed by atoms with van der Waals surface area (Å²) in [4.78, 5) is 23.7. The minimum absolute atomic E-state index is 0.248. The Balaban J connectivity index is 1.87. The molecule has 24 heavy (non-hydrogen) atoms. The zero-order chi connectivity index (χ0) is 17.4. The second kappa shape index (κ2) is 8.46. The summed E-state index contributed by atoms with van der Waals surface area (Å²) in [6.07, 6.45) is 0. The third kappa shape index (κ3) is 4.93. The zero-order valence-corrected chi connectivity index (χ0v) is 13.2. The van der Waals surface area contributed by atoms with Crippen LogP contribution < -0.4 is 10.6 Å². The summed E-state index contributed by atoms with van der Waals surface area (Å²) >= 11 is 0. The van der Waals surface area contributed by atoms with E-state index >= 15 is 0 Å². The van der Waals surface area contributed by atoms with Gasteiger partial charge in [-0.2, -0.15) is 5.26 Å². The summed E-state index contributed by atoms with van der Waals surface area (Å²) in [6, 6.07) is 15.9. The van der Waals surface area contributed by atoms with E-state index in [4.69, 9.17) is 10.00 Å². The van der Waals surface area contributed by atoms with Crippen molar-refractivity contribution in [2.45, 2.75) is 13.2 Å². The number of hydrogen-bond acceptors (Lipinski definition) is 4. The van der Waals surface area contributed by atoms with Gasteiger partial charge in [-0.15, -0.1) is 0 Å². The molecule has 0 saturated carbocycles. The molecule has 0 radical (unpaired) electrons. The van der Waals surface area contributed by atoms with Gasteiger partial charge in [0, 0.05) is 19.3 Å². The fraction of sp³-hybridized carbons (Fsp3) is 0.167. The average molecular weight is 323 g/mol. The van der Waals surface area contributed by atoms with Crippen LogP contribution >= 0.6 is 0 Å². The Morgan fingerprint density at radius 2 is 1.79 bits per heavy atom. The molecule has 0 atom stereocenters. The van der Waals surface area contributed by atoms with Crippen molar-refractivity contribution in [3.63, 3.8) is 0 Å².